The van der Waals surface area contributed by atoms with Crippen LogP contribution in [0.3, 0.4) is 0 Å². The van der Waals surface area contributed by atoms with Crippen LogP contribution in [-0.2, 0) is 21.7 Å². The van der Waals surface area contributed by atoms with E-state index in [1.54, 1.807) is 11.7 Å². The van der Waals surface area contributed by atoms with E-state index in [0.29, 0.717) is 11.4 Å². The molecule has 0 saturated heterocycles. The number of hydrogen-bond acceptors (Lipinski definition) is 5. The second-order valence-corrected chi connectivity index (χ2v) is 7.27. The highest BCUT2D eigenvalue weighted by molar-refractivity contribution is 7.90. The van der Waals surface area contributed by atoms with Crippen molar-refractivity contribution in [1.82, 2.24) is 9.78 Å². The topological polar surface area (TPSA) is 90.3 Å². The summed E-state index contributed by atoms with van der Waals surface area (Å²) in [7, 11) is -1.44. The first-order chi connectivity index (χ1) is 10.7. The van der Waals surface area contributed by atoms with Gasteiger partial charge in [-0.05, 0) is 38.1 Å². The summed E-state index contributed by atoms with van der Waals surface area (Å²) >= 11 is 0. The maximum Gasteiger partial charge on any atom is 0.262 e. The van der Waals surface area contributed by atoms with Crippen molar-refractivity contribution in [2.45, 2.75) is 18.7 Å². The second kappa shape index (κ2) is 6.41. The van der Waals surface area contributed by atoms with Gasteiger partial charge in [-0.3, -0.25) is 9.48 Å². The zero-order valence-electron chi connectivity index (χ0n) is 13.5. The van der Waals surface area contributed by atoms with Crippen LogP contribution in [0.15, 0.2) is 29.2 Å². The Hall–Kier alpha value is -2.35. The normalized spacial score (nSPS) is 11.3. The van der Waals surface area contributed by atoms with Gasteiger partial charge in [-0.1, -0.05) is 0 Å². The molecule has 2 aromatic rings. The monoisotopic (exact) mass is 337 g/mol. The lowest BCUT2D eigenvalue weighted by atomic mass is 10.3. The minimum atomic E-state index is -3.24. The van der Waals surface area contributed by atoms with Crippen molar-refractivity contribution in [1.29, 1.82) is 0 Å². The molecule has 0 unspecified atom stereocenters. The van der Waals surface area contributed by atoms with Gasteiger partial charge in [-0.15, -0.1) is 0 Å². The van der Waals surface area contributed by atoms with Crippen LogP contribution in [0.2, 0.25) is 0 Å². The molecule has 1 aromatic heterocycles. The van der Waals surface area contributed by atoms with Crippen LogP contribution in [0.5, 0.6) is 5.75 Å². The van der Waals surface area contributed by atoms with E-state index in [1.165, 1.54) is 24.3 Å². The summed E-state index contributed by atoms with van der Waals surface area (Å²) in [6.07, 6.45) is 1.13. The van der Waals surface area contributed by atoms with Crippen molar-refractivity contribution in [3.8, 4) is 5.75 Å². The van der Waals surface area contributed by atoms with Crippen LogP contribution in [0.1, 0.15) is 11.4 Å². The molecule has 7 nitrogen and oxygen atoms in total. The molecule has 0 spiro atoms. The Morgan fingerprint density at radius 2 is 1.87 bits per heavy atom. The van der Waals surface area contributed by atoms with Crippen LogP contribution in [0, 0.1) is 13.8 Å². The summed E-state index contributed by atoms with van der Waals surface area (Å²) in [6, 6.07) is 5.92. The van der Waals surface area contributed by atoms with Crippen LogP contribution in [0.4, 0.5) is 5.69 Å². The van der Waals surface area contributed by atoms with E-state index in [-0.39, 0.29) is 17.4 Å². The molecule has 1 amide bonds. The summed E-state index contributed by atoms with van der Waals surface area (Å²) in [6.45, 7) is 3.50. The molecule has 1 N–H and O–H groups in total. The Morgan fingerprint density at radius 1 is 1.26 bits per heavy atom. The molecule has 1 heterocycles. The number of sulfone groups is 1. The highest BCUT2D eigenvalue weighted by Gasteiger charge is 2.13. The van der Waals surface area contributed by atoms with E-state index in [4.69, 9.17) is 4.74 Å². The number of aryl methyl sites for hydroxylation is 2. The number of carbonyl (C=O) groups excluding carboxylic acids is 1. The number of amides is 1. The highest BCUT2D eigenvalue weighted by atomic mass is 32.2. The van der Waals surface area contributed by atoms with Crippen molar-refractivity contribution in [2.75, 3.05) is 18.2 Å². The number of hydrogen-bond donors (Lipinski definition) is 1. The lowest BCUT2D eigenvalue weighted by Gasteiger charge is -2.08. The van der Waals surface area contributed by atoms with Crippen LogP contribution >= 0.6 is 0 Å². The molecule has 0 fully saturated rings. The van der Waals surface area contributed by atoms with E-state index < -0.39 is 9.84 Å². The lowest BCUT2D eigenvalue weighted by Crippen LogP contribution is -2.20. The van der Waals surface area contributed by atoms with E-state index in [0.717, 1.165) is 17.6 Å². The number of carbonyl (C=O) groups is 1. The van der Waals surface area contributed by atoms with Crippen LogP contribution in [0.25, 0.3) is 0 Å². The van der Waals surface area contributed by atoms with Gasteiger partial charge < -0.3 is 10.1 Å². The van der Waals surface area contributed by atoms with Crippen molar-refractivity contribution in [2.24, 2.45) is 7.05 Å². The molecule has 1 aromatic carbocycles. The predicted molar refractivity (Wildman–Crippen MR) is 86.4 cm³/mol. The average Bonchev–Trinajstić information content (AvgIpc) is 2.71. The molecule has 0 aliphatic heterocycles. The smallest absolute Gasteiger partial charge is 0.262 e. The number of nitrogens with zero attached hydrogens (tertiary/aromatic N) is 2. The predicted octanol–water partition coefficient (Wildman–Crippen LogP) is 1.46. The number of anilines is 1. The molecule has 8 heteroatoms. The van der Waals surface area contributed by atoms with Gasteiger partial charge in [-0.2, -0.15) is 5.10 Å². The molecule has 124 valence electrons. The first kappa shape index (κ1) is 17.0. The first-order valence-electron chi connectivity index (χ1n) is 6.91. The van der Waals surface area contributed by atoms with Crippen LogP contribution < -0.4 is 10.1 Å². The molecule has 0 atom stereocenters. The van der Waals surface area contributed by atoms with Crippen molar-refractivity contribution in [3.05, 3.63) is 35.7 Å². The molecule has 0 aliphatic carbocycles. The fraction of sp³-hybridized carbons (Fsp3) is 0.333. The number of ether oxygens (including phenoxy) is 1. The highest BCUT2D eigenvalue weighted by Crippen LogP contribution is 2.19. The largest absolute Gasteiger partial charge is 0.484 e. The summed E-state index contributed by atoms with van der Waals surface area (Å²) in [5.74, 6) is 0.114. The molecule has 0 bridgehead atoms. The zero-order valence-corrected chi connectivity index (χ0v) is 14.3. The molecular formula is C15H19N3O4S. The quantitative estimate of drug-likeness (QED) is 0.892. The van der Waals surface area contributed by atoms with E-state index in [1.807, 2.05) is 13.8 Å². The zero-order chi connectivity index (χ0) is 17.2. The summed E-state index contributed by atoms with van der Waals surface area (Å²) in [5.41, 5.74) is 2.26. The Kier molecular flexibility index (Phi) is 4.74. The van der Waals surface area contributed by atoms with Gasteiger partial charge in [0.2, 0.25) is 0 Å². The first-order valence-corrected chi connectivity index (χ1v) is 8.80. The minimum Gasteiger partial charge on any atom is -0.484 e. The fourth-order valence-electron chi connectivity index (χ4n) is 2.06. The lowest BCUT2D eigenvalue weighted by molar-refractivity contribution is -0.118. The minimum absolute atomic E-state index is 0.175. The number of nitrogens with one attached hydrogen (secondary N) is 1. The van der Waals surface area contributed by atoms with Gasteiger partial charge in [-0.25, -0.2) is 8.42 Å². The Balaban J connectivity index is 1.97. The number of benzene rings is 1. The SMILES string of the molecule is Cc1nn(C)c(C)c1NC(=O)COc1ccc(S(C)(=O)=O)cc1. The third kappa shape index (κ3) is 4.10. The second-order valence-electron chi connectivity index (χ2n) is 5.25. The third-order valence-corrected chi connectivity index (χ3v) is 4.52. The van der Waals surface area contributed by atoms with Crippen molar-refractivity contribution >= 4 is 21.4 Å². The van der Waals surface area contributed by atoms with Gasteiger partial charge in [0.15, 0.2) is 16.4 Å². The Labute approximate surface area is 135 Å². The maximum atomic E-state index is 12.0. The molecule has 23 heavy (non-hydrogen) atoms. The van der Waals surface area contributed by atoms with Crippen molar-refractivity contribution in [3.63, 3.8) is 0 Å². The van der Waals surface area contributed by atoms with E-state index in [2.05, 4.69) is 10.4 Å². The number of rotatable bonds is 5. The third-order valence-electron chi connectivity index (χ3n) is 3.40. The maximum absolute atomic E-state index is 12.0. The van der Waals surface area contributed by atoms with E-state index in [9.17, 15) is 13.2 Å². The van der Waals surface area contributed by atoms with Crippen LogP contribution in [-0.4, -0.2) is 37.0 Å². The van der Waals surface area contributed by atoms with Gasteiger partial charge in [0.1, 0.15) is 5.75 Å². The summed E-state index contributed by atoms with van der Waals surface area (Å²) in [5, 5.41) is 6.98. The molecule has 0 radical (unpaired) electrons. The average molecular weight is 337 g/mol. The van der Waals surface area contributed by atoms with Gasteiger partial charge in [0.05, 0.1) is 22.0 Å². The van der Waals surface area contributed by atoms with Crippen molar-refractivity contribution < 1.29 is 17.9 Å². The van der Waals surface area contributed by atoms with E-state index >= 15 is 0 Å². The summed E-state index contributed by atoms with van der Waals surface area (Å²) in [4.78, 5) is 12.2. The standard InChI is InChI=1S/C15H19N3O4S/c1-10-15(11(2)18(3)17-10)16-14(19)9-22-12-5-7-13(8-6-12)23(4,20)21/h5-8H,9H2,1-4H3,(H,16,19). The molecular weight excluding hydrogens is 318 g/mol. The summed E-state index contributed by atoms with van der Waals surface area (Å²) < 4.78 is 29.8. The Morgan fingerprint density at radius 3 is 2.35 bits per heavy atom. The number of aromatic nitrogens is 2. The Bertz CT molecular complexity index is 823. The van der Waals surface area contributed by atoms with Gasteiger partial charge >= 0.3 is 0 Å². The molecule has 0 aliphatic rings. The van der Waals surface area contributed by atoms with Gasteiger partial charge in [0.25, 0.3) is 5.91 Å². The molecule has 0 saturated carbocycles. The fourth-order valence-corrected chi connectivity index (χ4v) is 2.69. The molecule has 2 rings (SSSR count). The van der Waals surface area contributed by atoms with Gasteiger partial charge in [0, 0.05) is 13.3 Å².